The van der Waals surface area contributed by atoms with Gasteiger partial charge in [-0.25, -0.2) is 0 Å². The smallest absolute Gasteiger partial charge is 0.0329 e. The van der Waals surface area contributed by atoms with E-state index in [2.05, 4.69) is 13.2 Å². The molecule has 0 aromatic heterocycles. The number of hydrogen-bond acceptors (Lipinski definition) is 2. The summed E-state index contributed by atoms with van der Waals surface area (Å²) in [5.41, 5.74) is 6.80. The van der Waals surface area contributed by atoms with E-state index in [9.17, 15) is 0 Å². The van der Waals surface area contributed by atoms with Gasteiger partial charge in [0, 0.05) is 10.9 Å². The van der Waals surface area contributed by atoms with Crippen molar-refractivity contribution >= 4 is 11.8 Å². The molecule has 0 aliphatic carbocycles. The van der Waals surface area contributed by atoms with Crippen molar-refractivity contribution in [3.05, 3.63) is 46.8 Å². The summed E-state index contributed by atoms with van der Waals surface area (Å²) < 4.78 is 0. The lowest BCUT2D eigenvalue weighted by Gasteiger charge is -2.10. The maximum absolute atomic E-state index is 5.83. The molecular formula is C12H19NS. The van der Waals surface area contributed by atoms with Crippen LogP contribution < -0.4 is 5.73 Å². The number of thioether (sulfide) groups is 1. The Bertz CT molecular complexity index is 272. The van der Waals surface area contributed by atoms with Crippen LogP contribution in [0, 0.1) is 0 Å². The lowest BCUT2D eigenvalue weighted by molar-refractivity contribution is 0.911. The van der Waals surface area contributed by atoms with Gasteiger partial charge in [0.25, 0.3) is 0 Å². The van der Waals surface area contributed by atoms with Crippen molar-refractivity contribution in [2.75, 3.05) is 0 Å². The van der Waals surface area contributed by atoms with Gasteiger partial charge in [-0.05, 0) is 37.3 Å². The van der Waals surface area contributed by atoms with Gasteiger partial charge in [0.15, 0.2) is 0 Å². The normalized spacial score (nSPS) is 14.4. The zero-order chi connectivity index (χ0) is 11.1. The van der Waals surface area contributed by atoms with Gasteiger partial charge in [-0.2, -0.15) is 0 Å². The second kappa shape index (κ2) is 6.68. The number of hydrogen-bond donors (Lipinski definition) is 1. The van der Waals surface area contributed by atoms with Crippen molar-refractivity contribution in [3.63, 3.8) is 0 Å². The van der Waals surface area contributed by atoms with Gasteiger partial charge in [0.05, 0.1) is 0 Å². The van der Waals surface area contributed by atoms with Crippen LogP contribution in [0.2, 0.25) is 0 Å². The van der Waals surface area contributed by atoms with E-state index in [4.69, 9.17) is 5.73 Å². The van der Waals surface area contributed by atoms with Crippen molar-refractivity contribution < 1.29 is 0 Å². The highest BCUT2D eigenvalue weighted by molar-refractivity contribution is 8.06. The first-order valence-corrected chi connectivity index (χ1v) is 5.41. The van der Waals surface area contributed by atoms with Crippen LogP contribution in [0.5, 0.6) is 0 Å². The van der Waals surface area contributed by atoms with Crippen molar-refractivity contribution in [2.24, 2.45) is 5.73 Å². The van der Waals surface area contributed by atoms with E-state index in [1.165, 1.54) is 0 Å². The summed E-state index contributed by atoms with van der Waals surface area (Å²) in [6.07, 6.45) is 5.93. The number of rotatable bonds is 5. The Hall–Kier alpha value is -0.730. The molecule has 1 unspecified atom stereocenters. The van der Waals surface area contributed by atoms with Gasteiger partial charge in [-0.1, -0.05) is 37.1 Å². The summed E-state index contributed by atoms with van der Waals surface area (Å²) in [6.45, 7) is 13.7. The molecule has 78 valence electrons. The minimum atomic E-state index is 0.0266. The Morgan fingerprint density at radius 2 is 2.00 bits per heavy atom. The molecule has 0 fully saturated rings. The molecule has 2 heteroatoms. The molecule has 0 rings (SSSR count). The maximum Gasteiger partial charge on any atom is 0.0329 e. The number of allylic oxidation sites excluding steroid dienone is 5. The minimum Gasteiger partial charge on any atom is -0.324 e. The topological polar surface area (TPSA) is 26.0 Å². The summed E-state index contributed by atoms with van der Waals surface area (Å²) in [5.74, 6) is 0. The highest BCUT2D eigenvalue weighted by atomic mass is 32.2. The van der Waals surface area contributed by atoms with Gasteiger partial charge < -0.3 is 5.73 Å². The average Bonchev–Trinajstić information content (AvgIpc) is 2.02. The van der Waals surface area contributed by atoms with Crippen LogP contribution in [0.1, 0.15) is 20.8 Å². The van der Waals surface area contributed by atoms with Gasteiger partial charge in [-0.3, -0.25) is 0 Å². The molecule has 0 aromatic rings. The molecule has 1 atom stereocenters. The summed E-state index contributed by atoms with van der Waals surface area (Å²) in [6, 6.07) is 0.0266. The standard InChI is InChI=1S/C12H19NS/c1-6-7-10(4)8-12(11(5)13)14-9(2)3/h6-8,11H,2,4,13H2,1,3,5H3/b7-6+,12-8-. The van der Waals surface area contributed by atoms with E-state index >= 15 is 0 Å². The molecule has 0 aliphatic heterocycles. The first kappa shape index (κ1) is 13.3. The zero-order valence-electron chi connectivity index (χ0n) is 9.21. The van der Waals surface area contributed by atoms with Crippen LogP contribution in [0.3, 0.4) is 0 Å². The van der Waals surface area contributed by atoms with Gasteiger partial charge in [0.2, 0.25) is 0 Å². The van der Waals surface area contributed by atoms with E-state index in [0.29, 0.717) is 0 Å². The van der Waals surface area contributed by atoms with Crippen LogP contribution in [0.4, 0.5) is 0 Å². The third kappa shape index (κ3) is 5.84. The Morgan fingerprint density at radius 3 is 2.36 bits per heavy atom. The molecule has 14 heavy (non-hydrogen) atoms. The Morgan fingerprint density at radius 1 is 1.43 bits per heavy atom. The maximum atomic E-state index is 5.83. The summed E-state index contributed by atoms with van der Waals surface area (Å²) in [5, 5.41) is 0. The molecule has 2 N–H and O–H groups in total. The SMILES string of the molecule is C=C(/C=C(\SC(=C)C)C(C)N)/C=C/C. The predicted molar refractivity (Wildman–Crippen MR) is 68.1 cm³/mol. The molecule has 0 bridgehead atoms. The molecule has 0 saturated carbocycles. The Balaban J connectivity index is 4.63. The summed E-state index contributed by atoms with van der Waals surface area (Å²) in [7, 11) is 0. The molecule has 0 radical (unpaired) electrons. The van der Waals surface area contributed by atoms with E-state index in [-0.39, 0.29) is 6.04 Å². The molecule has 0 amide bonds. The lowest BCUT2D eigenvalue weighted by Crippen LogP contribution is -2.16. The van der Waals surface area contributed by atoms with E-state index < -0.39 is 0 Å². The van der Waals surface area contributed by atoms with Crippen LogP contribution in [-0.2, 0) is 0 Å². The van der Waals surface area contributed by atoms with Crippen molar-refractivity contribution in [2.45, 2.75) is 26.8 Å². The van der Waals surface area contributed by atoms with Crippen molar-refractivity contribution in [1.82, 2.24) is 0 Å². The quantitative estimate of drug-likeness (QED) is 0.700. The first-order valence-electron chi connectivity index (χ1n) is 4.59. The highest BCUT2D eigenvalue weighted by Crippen LogP contribution is 2.26. The Labute approximate surface area is 91.5 Å². The van der Waals surface area contributed by atoms with E-state index in [0.717, 1.165) is 15.4 Å². The summed E-state index contributed by atoms with van der Waals surface area (Å²) >= 11 is 1.61. The highest BCUT2D eigenvalue weighted by Gasteiger charge is 2.04. The fourth-order valence-electron chi connectivity index (χ4n) is 0.900. The molecule has 0 aromatic carbocycles. The average molecular weight is 209 g/mol. The summed E-state index contributed by atoms with van der Waals surface area (Å²) in [4.78, 5) is 2.14. The monoisotopic (exact) mass is 209 g/mol. The minimum absolute atomic E-state index is 0.0266. The van der Waals surface area contributed by atoms with Gasteiger partial charge in [-0.15, -0.1) is 0 Å². The van der Waals surface area contributed by atoms with Crippen LogP contribution in [-0.4, -0.2) is 6.04 Å². The molecule has 0 heterocycles. The third-order valence-corrected chi connectivity index (χ3v) is 2.52. The van der Waals surface area contributed by atoms with E-state index in [1.807, 2.05) is 39.0 Å². The largest absolute Gasteiger partial charge is 0.324 e. The molecule has 0 spiro atoms. The van der Waals surface area contributed by atoms with E-state index in [1.54, 1.807) is 11.8 Å². The third-order valence-electron chi connectivity index (χ3n) is 1.45. The molecule has 1 nitrogen and oxygen atoms in total. The number of nitrogens with two attached hydrogens (primary N) is 1. The second-order valence-corrected chi connectivity index (χ2v) is 4.59. The molecular weight excluding hydrogens is 190 g/mol. The van der Waals surface area contributed by atoms with Gasteiger partial charge in [0.1, 0.15) is 0 Å². The van der Waals surface area contributed by atoms with Crippen LogP contribution >= 0.6 is 11.8 Å². The fourth-order valence-corrected chi connectivity index (χ4v) is 1.70. The van der Waals surface area contributed by atoms with Crippen molar-refractivity contribution in [3.8, 4) is 0 Å². The van der Waals surface area contributed by atoms with Gasteiger partial charge >= 0.3 is 0 Å². The van der Waals surface area contributed by atoms with Crippen molar-refractivity contribution in [1.29, 1.82) is 0 Å². The molecule has 0 aliphatic rings. The fraction of sp³-hybridized carbons (Fsp3) is 0.333. The Kier molecular flexibility index (Phi) is 6.34. The lowest BCUT2D eigenvalue weighted by atomic mass is 10.2. The molecule has 0 saturated heterocycles. The first-order chi connectivity index (χ1) is 6.47. The van der Waals surface area contributed by atoms with Crippen LogP contribution in [0.15, 0.2) is 46.8 Å². The van der Waals surface area contributed by atoms with Crippen LogP contribution in [0.25, 0.3) is 0 Å². The zero-order valence-corrected chi connectivity index (χ0v) is 10.0. The predicted octanol–water partition coefficient (Wildman–Crippen LogP) is 3.62. The second-order valence-electron chi connectivity index (χ2n) is 3.21.